The molecule has 1 aliphatic rings. The minimum atomic E-state index is 0.428. The third-order valence-corrected chi connectivity index (χ3v) is 3.32. The summed E-state index contributed by atoms with van der Waals surface area (Å²) in [5, 5.41) is 8.30. The van der Waals surface area contributed by atoms with Gasteiger partial charge in [0.05, 0.1) is 0 Å². The zero-order chi connectivity index (χ0) is 11.1. The molecule has 0 aliphatic heterocycles. The van der Waals surface area contributed by atoms with Crippen molar-refractivity contribution in [2.24, 2.45) is 0 Å². The first-order valence-electron chi connectivity index (χ1n) is 5.74. The highest BCUT2D eigenvalue weighted by Crippen LogP contribution is 2.39. The first-order chi connectivity index (χ1) is 7.77. The molecule has 0 spiro atoms. The van der Waals surface area contributed by atoms with E-state index >= 15 is 0 Å². The Bertz CT molecular complexity index is 513. The molecule has 3 rings (SSSR count). The van der Waals surface area contributed by atoms with Crippen LogP contribution < -0.4 is 0 Å². The largest absolute Gasteiger partial charge is 0.315 e. The van der Waals surface area contributed by atoms with Crippen molar-refractivity contribution in [3.8, 4) is 0 Å². The molecular weight excluding hydrogens is 198 g/mol. The summed E-state index contributed by atoms with van der Waals surface area (Å²) < 4.78 is 2.17. The van der Waals surface area contributed by atoms with Crippen LogP contribution >= 0.6 is 0 Å². The fourth-order valence-corrected chi connectivity index (χ4v) is 2.39. The number of fused-ring (bicyclic) bond motifs is 1. The number of nitrogens with zero attached hydrogens (tertiary/aromatic N) is 3. The van der Waals surface area contributed by atoms with E-state index in [-0.39, 0.29) is 0 Å². The van der Waals surface area contributed by atoms with E-state index in [1.165, 1.54) is 11.1 Å². The van der Waals surface area contributed by atoms with Crippen LogP contribution in [0, 0.1) is 0 Å². The highest BCUT2D eigenvalue weighted by Gasteiger charge is 2.31. The summed E-state index contributed by atoms with van der Waals surface area (Å²) >= 11 is 0. The Hall–Kier alpha value is -1.64. The Morgan fingerprint density at radius 2 is 2.12 bits per heavy atom. The molecular formula is C13H15N3. The lowest BCUT2D eigenvalue weighted by Gasteiger charge is -2.30. The monoisotopic (exact) mass is 213 g/mol. The van der Waals surface area contributed by atoms with Crippen molar-refractivity contribution >= 4 is 0 Å². The van der Waals surface area contributed by atoms with Gasteiger partial charge in [-0.15, -0.1) is 10.2 Å². The second kappa shape index (κ2) is 3.44. The zero-order valence-electron chi connectivity index (χ0n) is 9.59. The number of rotatable bonds is 2. The molecule has 1 aliphatic carbocycles. The summed E-state index contributed by atoms with van der Waals surface area (Å²) in [6.07, 6.45) is 2.93. The summed E-state index contributed by atoms with van der Waals surface area (Å²) in [6, 6.07) is 9.02. The summed E-state index contributed by atoms with van der Waals surface area (Å²) in [6.45, 7) is 4.33. The van der Waals surface area contributed by atoms with Gasteiger partial charge in [-0.3, -0.25) is 0 Å². The molecule has 0 radical (unpaired) electrons. The minimum Gasteiger partial charge on any atom is -0.315 e. The van der Waals surface area contributed by atoms with Gasteiger partial charge < -0.3 is 4.57 Å². The molecule has 0 saturated heterocycles. The molecule has 0 amide bonds. The van der Waals surface area contributed by atoms with Gasteiger partial charge in [-0.25, -0.2) is 0 Å². The van der Waals surface area contributed by atoms with Crippen molar-refractivity contribution in [3.05, 3.63) is 47.5 Å². The fraction of sp³-hybridized carbons (Fsp3) is 0.385. The standard InChI is InChI=1S/C13H15N3/c1-9(2)16-8-14-15-13(16)12-7-10-5-3-4-6-11(10)12/h3-6,8-9,12H,7H2,1-2H3. The predicted molar refractivity (Wildman–Crippen MR) is 62.4 cm³/mol. The van der Waals surface area contributed by atoms with Gasteiger partial charge in [-0.2, -0.15) is 0 Å². The van der Waals surface area contributed by atoms with E-state index in [1.54, 1.807) is 0 Å². The van der Waals surface area contributed by atoms with Gasteiger partial charge in [0, 0.05) is 12.0 Å². The maximum Gasteiger partial charge on any atom is 0.140 e. The van der Waals surface area contributed by atoms with Gasteiger partial charge in [-0.1, -0.05) is 24.3 Å². The van der Waals surface area contributed by atoms with Crippen LogP contribution in [0.1, 0.15) is 42.8 Å². The lowest BCUT2D eigenvalue weighted by atomic mass is 9.77. The Kier molecular flexibility index (Phi) is 2.06. The van der Waals surface area contributed by atoms with E-state index < -0.39 is 0 Å². The normalized spacial score (nSPS) is 18.3. The van der Waals surface area contributed by atoms with E-state index in [4.69, 9.17) is 0 Å². The van der Waals surface area contributed by atoms with Crippen LogP contribution in [0.25, 0.3) is 0 Å². The molecule has 1 aromatic carbocycles. The average Bonchev–Trinajstić information content (AvgIpc) is 2.68. The molecule has 1 aromatic heterocycles. The minimum absolute atomic E-state index is 0.428. The highest BCUT2D eigenvalue weighted by molar-refractivity contribution is 5.43. The molecule has 0 bridgehead atoms. The maximum absolute atomic E-state index is 4.27. The topological polar surface area (TPSA) is 30.7 Å². The van der Waals surface area contributed by atoms with E-state index in [0.717, 1.165) is 12.2 Å². The second-order valence-electron chi connectivity index (χ2n) is 4.65. The summed E-state index contributed by atoms with van der Waals surface area (Å²) in [5.74, 6) is 1.55. The summed E-state index contributed by atoms with van der Waals surface area (Å²) in [7, 11) is 0. The van der Waals surface area contributed by atoms with Crippen LogP contribution in [-0.2, 0) is 6.42 Å². The molecule has 0 fully saturated rings. The van der Waals surface area contributed by atoms with Crippen LogP contribution in [0.3, 0.4) is 0 Å². The summed E-state index contributed by atoms with van der Waals surface area (Å²) in [4.78, 5) is 0. The van der Waals surface area contributed by atoms with E-state index in [9.17, 15) is 0 Å². The molecule has 1 unspecified atom stereocenters. The molecule has 3 heteroatoms. The maximum atomic E-state index is 4.27. The van der Waals surface area contributed by atoms with Gasteiger partial charge in [0.1, 0.15) is 12.2 Å². The van der Waals surface area contributed by atoms with Gasteiger partial charge in [0.15, 0.2) is 0 Å². The van der Waals surface area contributed by atoms with Gasteiger partial charge in [0.25, 0.3) is 0 Å². The van der Waals surface area contributed by atoms with Crippen molar-refractivity contribution in [2.75, 3.05) is 0 Å². The molecule has 0 N–H and O–H groups in total. The molecule has 1 atom stereocenters. The zero-order valence-corrected chi connectivity index (χ0v) is 9.59. The van der Waals surface area contributed by atoms with Gasteiger partial charge >= 0.3 is 0 Å². The second-order valence-corrected chi connectivity index (χ2v) is 4.65. The van der Waals surface area contributed by atoms with Gasteiger partial charge in [-0.05, 0) is 31.4 Å². The molecule has 3 nitrogen and oxygen atoms in total. The van der Waals surface area contributed by atoms with Crippen molar-refractivity contribution < 1.29 is 0 Å². The Balaban J connectivity index is 1.99. The Morgan fingerprint density at radius 1 is 1.31 bits per heavy atom. The molecule has 1 heterocycles. The smallest absolute Gasteiger partial charge is 0.140 e. The van der Waals surface area contributed by atoms with Crippen LogP contribution in [0.5, 0.6) is 0 Å². The van der Waals surface area contributed by atoms with Crippen LogP contribution in [-0.4, -0.2) is 14.8 Å². The van der Waals surface area contributed by atoms with E-state index in [0.29, 0.717) is 12.0 Å². The van der Waals surface area contributed by atoms with Crippen molar-refractivity contribution in [2.45, 2.75) is 32.2 Å². The quantitative estimate of drug-likeness (QED) is 0.767. The predicted octanol–water partition coefficient (Wildman–Crippen LogP) is 2.55. The lowest BCUT2D eigenvalue weighted by Crippen LogP contribution is -2.22. The highest BCUT2D eigenvalue weighted by atomic mass is 15.3. The lowest BCUT2D eigenvalue weighted by molar-refractivity contribution is 0.529. The van der Waals surface area contributed by atoms with Gasteiger partial charge in [0.2, 0.25) is 0 Å². The number of hydrogen-bond donors (Lipinski definition) is 0. The number of benzene rings is 1. The Labute approximate surface area is 95.1 Å². The van der Waals surface area contributed by atoms with Crippen LogP contribution in [0.15, 0.2) is 30.6 Å². The first-order valence-corrected chi connectivity index (χ1v) is 5.74. The molecule has 16 heavy (non-hydrogen) atoms. The molecule has 82 valence electrons. The number of hydrogen-bond acceptors (Lipinski definition) is 2. The molecule has 0 saturated carbocycles. The SMILES string of the molecule is CC(C)n1cnnc1C1Cc2ccccc21. The Morgan fingerprint density at radius 3 is 2.88 bits per heavy atom. The molecule has 2 aromatic rings. The third kappa shape index (κ3) is 1.28. The van der Waals surface area contributed by atoms with Crippen LogP contribution in [0.4, 0.5) is 0 Å². The van der Waals surface area contributed by atoms with Crippen LogP contribution in [0.2, 0.25) is 0 Å². The first kappa shape index (κ1) is 9.58. The van der Waals surface area contributed by atoms with Crippen molar-refractivity contribution in [3.63, 3.8) is 0 Å². The van der Waals surface area contributed by atoms with Crippen molar-refractivity contribution in [1.29, 1.82) is 0 Å². The average molecular weight is 213 g/mol. The van der Waals surface area contributed by atoms with Crippen molar-refractivity contribution in [1.82, 2.24) is 14.8 Å². The third-order valence-electron chi connectivity index (χ3n) is 3.32. The van der Waals surface area contributed by atoms with E-state index in [2.05, 4.69) is 52.9 Å². The van der Waals surface area contributed by atoms with E-state index in [1.807, 2.05) is 6.33 Å². The fourth-order valence-electron chi connectivity index (χ4n) is 2.39. The summed E-state index contributed by atoms with van der Waals surface area (Å²) in [5.41, 5.74) is 2.86. The number of aromatic nitrogens is 3.